The van der Waals surface area contributed by atoms with E-state index in [-0.39, 0.29) is 5.54 Å². The Morgan fingerprint density at radius 2 is 2.00 bits per heavy atom. The van der Waals surface area contributed by atoms with E-state index in [2.05, 4.69) is 26.1 Å². The lowest BCUT2D eigenvalue weighted by atomic mass is 9.98. The summed E-state index contributed by atoms with van der Waals surface area (Å²) in [6.07, 6.45) is 2.27. The first kappa shape index (κ1) is 13.2. The zero-order valence-electron chi connectivity index (χ0n) is 10.5. The quantitative estimate of drug-likeness (QED) is 0.774. The summed E-state index contributed by atoms with van der Waals surface area (Å²) in [5.74, 6) is 0. The van der Waals surface area contributed by atoms with Gasteiger partial charge in [0.2, 0.25) is 0 Å². The molecule has 0 atom stereocenters. The maximum atomic E-state index is 6.03. The van der Waals surface area contributed by atoms with Crippen LogP contribution >= 0.6 is 11.6 Å². The van der Waals surface area contributed by atoms with Crippen molar-refractivity contribution in [3.63, 3.8) is 0 Å². The molecule has 0 aliphatic heterocycles. The number of nitrogens with two attached hydrogens (primary N) is 1. The van der Waals surface area contributed by atoms with E-state index >= 15 is 0 Å². The molecule has 0 fully saturated rings. The van der Waals surface area contributed by atoms with E-state index in [9.17, 15) is 0 Å². The van der Waals surface area contributed by atoms with Gasteiger partial charge >= 0.3 is 0 Å². The summed E-state index contributed by atoms with van der Waals surface area (Å²) in [6.45, 7) is 8.61. The Balaban J connectivity index is 2.93. The monoisotopic (exact) mass is 240 g/mol. The van der Waals surface area contributed by atoms with E-state index in [4.69, 9.17) is 17.3 Å². The molecule has 0 aliphatic rings. The van der Waals surface area contributed by atoms with Crippen molar-refractivity contribution >= 4 is 23.0 Å². The molecule has 0 heterocycles. The summed E-state index contributed by atoms with van der Waals surface area (Å²) in [5, 5.41) is 4.13. The summed E-state index contributed by atoms with van der Waals surface area (Å²) in [5.41, 5.74) is 8.67. The van der Waals surface area contributed by atoms with Crippen molar-refractivity contribution in [3.05, 3.63) is 22.7 Å². The first-order valence-electron chi connectivity index (χ1n) is 5.69. The lowest BCUT2D eigenvalue weighted by molar-refractivity contribution is 0.510. The smallest absolute Gasteiger partial charge is 0.0656 e. The summed E-state index contributed by atoms with van der Waals surface area (Å²) < 4.78 is 0. The van der Waals surface area contributed by atoms with Crippen LogP contribution in [0, 0.1) is 6.92 Å². The number of nitrogens with one attached hydrogen (secondary N) is 1. The lowest BCUT2D eigenvalue weighted by Crippen LogP contribution is -2.30. The second-order valence-corrected chi connectivity index (χ2v) is 5.35. The van der Waals surface area contributed by atoms with Crippen LogP contribution in [-0.4, -0.2) is 5.54 Å². The fourth-order valence-electron chi connectivity index (χ4n) is 1.89. The molecule has 0 spiro atoms. The molecule has 1 aromatic carbocycles. The van der Waals surface area contributed by atoms with Gasteiger partial charge < -0.3 is 11.1 Å². The molecule has 0 unspecified atom stereocenters. The minimum Gasteiger partial charge on any atom is -0.398 e. The number of aryl methyl sites for hydroxylation is 1. The molecule has 3 heteroatoms. The van der Waals surface area contributed by atoms with Crippen LogP contribution in [0.25, 0.3) is 0 Å². The highest BCUT2D eigenvalue weighted by molar-refractivity contribution is 6.33. The highest BCUT2D eigenvalue weighted by Crippen LogP contribution is 2.29. The van der Waals surface area contributed by atoms with Crippen molar-refractivity contribution in [2.24, 2.45) is 0 Å². The van der Waals surface area contributed by atoms with Crippen molar-refractivity contribution in [1.82, 2.24) is 0 Å². The van der Waals surface area contributed by atoms with Crippen molar-refractivity contribution in [2.45, 2.75) is 46.1 Å². The highest BCUT2D eigenvalue weighted by atomic mass is 35.5. The van der Waals surface area contributed by atoms with Crippen LogP contribution in [0.5, 0.6) is 0 Å². The molecule has 0 aliphatic carbocycles. The van der Waals surface area contributed by atoms with Gasteiger partial charge in [0.05, 0.1) is 10.7 Å². The number of hydrogen-bond acceptors (Lipinski definition) is 2. The Bertz CT molecular complexity index is 372. The third kappa shape index (κ3) is 3.31. The summed E-state index contributed by atoms with van der Waals surface area (Å²) in [6, 6.07) is 3.82. The summed E-state index contributed by atoms with van der Waals surface area (Å²) >= 11 is 6.03. The predicted octanol–water partition coefficient (Wildman–Crippen LogP) is 4.22. The van der Waals surface area contributed by atoms with Crippen LogP contribution in [0.2, 0.25) is 5.02 Å². The van der Waals surface area contributed by atoms with Crippen molar-refractivity contribution in [3.8, 4) is 0 Å². The minimum absolute atomic E-state index is 0.0823. The van der Waals surface area contributed by atoms with Gasteiger partial charge in [-0.1, -0.05) is 24.9 Å². The molecule has 1 aromatic rings. The Morgan fingerprint density at radius 3 is 2.56 bits per heavy atom. The standard InChI is InChI=1S/C13H21ClN2/c1-5-6-13(3,4)16-12-8-10(14)11(15)7-9(12)2/h7-8,16H,5-6,15H2,1-4H3. The third-order valence-electron chi connectivity index (χ3n) is 2.69. The van der Waals surface area contributed by atoms with Crippen LogP contribution in [-0.2, 0) is 0 Å². The molecule has 3 N–H and O–H groups in total. The topological polar surface area (TPSA) is 38.0 Å². The van der Waals surface area contributed by atoms with Crippen molar-refractivity contribution in [1.29, 1.82) is 0 Å². The van der Waals surface area contributed by atoms with Crippen LogP contribution < -0.4 is 11.1 Å². The lowest BCUT2D eigenvalue weighted by Gasteiger charge is -2.28. The van der Waals surface area contributed by atoms with E-state index in [0.717, 1.165) is 24.1 Å². The molecule has 0 bridgehead atoms. The van der Waals surface area contributed by atoms with E-state index in [1.807, 2.05) is 19.1 Å². The van der Waals surface area contributed by atoms with Crippen LogP contribution in [0.1, 0.15) is 39.2 Å². The molecule has 0 amide bonds. The minimum atomic E-state index is 0.0823. The summed E-state index contributed by atoms with van der Waals surface area (Å²) in [4.78, 5) is 0. The van der Waals surface area contributed by atoms with Gasteiger partial charge in [-0.25, -0.2) is 0 Å². The third-order valence-corrected chi connectivity index (χ3v) is 3.02. The number of rotatable bonds is 4. The molecular weight excluding hydrogens is 220 g/mol. The van der Waals surface area contributed by atoms with Gasteiger partial charge in [-0.15, -0.1) is 0 Å². The number of hydrogen-bond donors (Lipinski definition) is 2. The molecule has 90 valence electrons. The molecule has 2 nitrogen and oxygen atoms in total. The first-order valence-corrected chi connectivity index (χ1v) is 6.07. The largest absolute Gasteiger partial charge is 0.398 e. The van der Waals surface area contributed by atoms with Crippen LogP contribution in [0.3, 0.4) is 0 Å². The Kier molecular flexibility index (Phi) is 4.09. The molecule has 0 saturated carbocycles. The maximum Gasteiger partial charge on any atom is 0.0656 e. The van der Waals surface area contributed by atoms with E-state index in [1.54, 1.807) is 0 Å². The highest BCUT2D eigenvalue weighted by Gasteiger charge is 2.17. The van der Waals surface area contributed by atoms with Crippen LogP contribution in [0.4, 0.5) is 11.4 Å². The van der Waals surface area contributed by atoms with Gasteiger partial charge in [-0.2, -0.15) is 0 Å². The van der Waals surface area contributed by atoms with E-state index in [1.165, 1.54) is 0 Å². The van der Waals surface area contributed by atoms with Crippen molar-refractivity contribution in [2.75, 3.05) is 11.1 Å². The van der Waals surface area contributed by atoms with Gasteiger partial charge in [0.25, 0.3) is 0 Å². The molecular formula is C13H21ClN2. The zero-order chi connectivity index (χ0) is 12.3. The average molecular weight is 241 g/mol. The van der Waals surface area contributed by atoms with Gasteiger partial charge in [0, 0.05) is 11.2 Å². The number of anilines is 2. The second-order valence-electron chi connectivity index (χ2n) is 4.95. The number of halogens is 1. The number of nitrogen functional groups attached to an aromatic ring is 1. The normalized spacial score (nSPS) is 11.6. The molecule has 0 radical (unpaired) electrons. The fraction of sp³-hybridized carbons (Fsp3) is 0.538. The average Bonchev–Trinajstić information content (AvgIpc) is 2.13. The Hall–Kier alpha value is -0.890. The van der Waals surface area contributed by atoms with Crippen LogP contribution in [0.15, 0.2) is 12.1 Å². The molecule has 1 rings (SSSR count). The van der Waals surface area contributed by atoms with Gasteiger partial charge in [0.15, 0.2) is 0 Å². The molecule has 16 heavy (non-hydrogen) atoms. The van der Waals surface area contributed by atoms with E-state index < -0.39 is 0 Å². The van der Waals surface area contributed by atoms with Gasteiger partial charge in [0.1, 0.15) is 0 Å². The molecule has 0 aromatic heterocycles. The van der Waals surface area contributed by atoms with Crippen molar-refractivity contribution < 1.29 is 0 Å². The Labute approximate surface area is 103 Å². The predicted molar refractivity (Wildman–Crippen MR) is 73.2 cm³/mol. The maximum absolute atomic E-state index is 6.03. The summed E-state index contributed by atoms with van der Waals surface area (Å²) in [7, 11) is 0. The number of benzene rings is 1. The first-order chi connectivity index (χ1) is 7.35. The second kappa shape index (κ2) is 4.96. The SMILES string of the molecule is CCCC(C)(C)Nc1cc(Cl)c(N)cc1C. The van der Waals surface area contributed by atoms with Gasteiger partial charge in [-0.05, 0) is 44.9 Å². The fourth-order valence-corrected chi connectivity index (χ4v) is 2.05. The molecule has 0 saturated heterocycles. The van der Waals surface area contributed by atoms with Gasteiger partial charge in [-0.3, -0.25) is 0 Å². The van der Waals surface area contributed by atoms with E-state index in [0.29, 0.717) is 10.7 Å². The Morgan fingerprint density at radius 1 is 1.38 bits per heavy atom. The zero-order valence-corrected chi connectivity index (χ0v) is 11.3.